The van der Waals surface area contributed by atoms with Crippen LogP contribution in [0.3, 0.4) is 0 Å². The minimum Gasteiger partial charge on any atom is -0.315 e. The highest BCUT2D eigenvalue weighted by Gasteiger charge is 2.24. The van der Waals surface area contributed by atoms with Crippen LogP contribution in [0.5, 0.6) is 0 Å². The zero-order chi connectivity index (χ0) is 9.26. The number of rotatable bonds is 3. The molecule has 0 amide bonds. The minimum atomic E-state index is 0.0405. The maximum absolute atomic E-state index is 10.8. The molecule has 3 nitrogen and oxygen atoms in total. The van der Waals surface area contributed by atoms with Crippen LogP contribution in [-0.2, 0) is 6.54 Å². The van der Waals surface area contributed by atoms with Crippen LogP contribution in [0.4, 0.5) is 0 Å². The first kappa shape index (κ1) is 8.97. The van der Waals surface area contributed by atoms with Crippen molar-refractivity contribution in [3.05, 3.63) is 20.7 Å². The van der Waals surface area contributed by atoms with Gasteiger partial charge in [0.25, 0.3) is 0 Å². The Kier molecular flexibility index (Phi) is 2.51. The summed E-state index contributed by atoms with van der Waals surface area (Å²) in [4.78, 5) is 13.6. The van der Waals surface area contributed by atoms with Crippen LogP contribution in [0, 0.1) is 5.92 Å². The Balaban J connectivity index is 1.77. The Bertz CT molecular complexity index is 324. The molecule has 2 N–H and O–H groups in total. The van der Waals surface area contributed by atoms with E-state index in [9.17, 15) is 4.79 Å². The fraction of sp³-hybridized carbons (Fsp3) is 0.667. The molecular weight excluding hydrogens is 184 g/mol. The lowest BCUT2D eigenvalue weighted by Crippen LogP contribution is -2.39. The van der Waals surface area contributed by atoms with Gasteiger partial charge in [-0.3, -0.25) is 4.79 Å². The molecule has 0 aromatic carbocycles. The van der Waals surface area contributed by atoms with Gasteiger partial charge in [-0.25, -0.2) is 0 Å². The van der Waals surface area contributed by atoms with Crippen molar-refractivity contribution in [2.75, 3.05) is 0 Å². The molecule has 1 aliphatic carbocycles. The molecule has 1 aromatic rings. The van der Waals surface area contributed by atoms with E-state index in [1.165, 1.54) is 24.2 Å². The monoisotopic (exact) mass is 198 g/mol. The average molecular weight is 198 g/mol. The molecule has 1 aromatic heterocycles. The van der Waals surface area contributed by atoms with E-state index in [1.807, 2.05) is 5.38 Å². The van der Waals surface area contributed by atoms with Gasteiger partial charge in [-0.05, 0) is 18.8 Å². The maximum atomic E-state index is 10.8. The van der Waals surface area contributed by atoms with Gasteiger partial charge in [0, 0.05) is 23.7 Å². The lowest BCUT2D eigenvalue weighted by atomic mass is 9.82. The van der Waals surface area contributed by atoms with Gasteiger partial charge in [-0.1, -0.05) is 18.3 Å². The van der Waals surface area contributed by atoms with Crippen molar-refractivity contribution in [3.63, 3.8) is 0 Å². The zero-order valence-electron chi connectivity index (χ0n) is 7.67. The van der Waals surface area contributed by atoms with Crippen LogP contribution in [0.15, 0.2) is 10.2 Å². The second-order valence-corrected chi connectivity index (χ2v) is 4.67. The summed E-state index contributed by atoms with van der Waals surface area (Å²) in [6.45, 7) is 3.07. The maximum Gasteiger partial charge on any atom is 0.304 e. The number of hydrogen-bond acceptors (Lipinski definition) is 3. The predicted octanol–water partition coefficient (Wildman–Crippen LogP) is 1.32. The third-order valence-electron chi connectivity index (χ3n) is 2.53. The highest BCUT2D eigenvalue weighted by Crippen LogP contribution is 2.26. The van der Waals surface area contributed by atoms with Crippen LogP contribution >= 0.6 is 11.3 Å². The quantitative estimate of drug-likeness (QED) is 0.769. The Hall–Kier alpha value is -0.610. The average Bonchev–Trinajstić information content (AvgIpc) is 2.43. The molecule has 1 aliphatic rings. The first-order chi connectivity index (χ1) is 6.24. The summed E-state index contributed by atoms with van der Waals surface area (Å²) in [5, 5.41) is 5.30. The lowest BCUT2D eigenvalue weighted by Gasteiger charge is -2.33. The number of aromatic amines is 1. The van der Waals surface area contributed by atoms with Gasteiger partial charge in [-0.15, -0.1) is 0 Å². The Morgan fingerprint density at radius 2 is 2.46 bits per heavy atom. The van der Waals surface area contributed by atoms with Gasteiger partial charge in [0.05, 0.1) is 0 Å². The van der Waals surface area contributed by atoms with Crippen LogP contribution in [0.25, 0.3) is 0 Å². The van der Waals surface area contributed by atoms with Crippen molar-refractivity contribution < 1.29 is 0 Å². The topological polar surface area (TPSA) is 44.9 Å². The molecule has 72 valence electrons. The van der Waals surface area contributed by atoms with Crippen LogP contribution in [-0.4, -0.2) is 11.0 Å². The smallest absolute Gasteiger partial charge is 0.304 e. The highest BCUT2D eigenvalue weighted by atomic mass is 32.1. The van der Waals surface area contributed by atoms with E-state index in [0.717, 1.165) is 18.2 Å². The molecule has 0 radical (unpaired) electrons. The molecule has 1 heterocycles. The lowest BCUT2D eigenvalue weighted by molar-refractivity contribution is 0.240. The molecule has 2 rings (SSSR count). The first-order valence-electron chi connectivity index (χ1n) is 4.64. The molecule has 0 unspecified atom stereocenters. The fourth-order valence-corrected chi connectivity index (χ4v) is 2.31. The van der Waals surface area contributed by atoms with Gasteiger partial charge in [0.15, 0.2) is 0 Å². The van der Waals surface area contributed by atoms with Gasteiger partial charge in [0.1, 0.15) is 0 Å². The van der Waals surface area contributed by atoms with Crippen molar-refractivity contribution in [1.82, 2.24) is 10.3 Å². The summed E-state index contributed by atoms with van der Waals surface area (Å²) >= 11 is 1.23. The van der Waals surface area contributed by atoms with Crippen molar-refractivity contribution >= 4 is 11.3 Å². The zero-order valence-corrected chi connectivity index (χ0v) is 8.49. The third kappa shape index (κ3) is 2.19. The predicted molar refractivity (Wildman–Crippen MR) is 54.0 cm³/mol. The fourth-order valence-electron chi connectivity index (χ4n) is 1.72. The molecule has 4 heteroatoms. The van der Waals surface area contributed by atoms with E-state index in [0.29, 0.717) is 6.04 Å². The number of hydrogen-bond donors (Lipinski definition) is 2. The van der Waals surface area contributed by atoms with E-state index in [4.69, 9.17) is 0 Å². The van der Waals surface area contributed by atoms with Crippen molar-refractivity contribution in [2.24, 2.45) is 5.92 Å². The SMILES string of the molecule is CC1CC(NCc2csc(=O)[nH]2)C1. The third-order valence-corrected chi connectivity index (χ3v) is 3.24. The number of nitrogens with one attached hydrogen (secondary N) is 2. The largest absolute Gasteiger partial charge is 0.315 e. The Labute approximate surface area is 81.2 Å². The number of thiazole rings is 1. The molecule has 0 spiro atoms. The van der Waals surface area contributed by atoms with Gasteiger partial charge < -0.3 is 10.3 Å². The van der Waals surface area contributed by atoms with Crippen molar-refractivity contribution in [2.45, 2.75) is 32.4 Å². The van der Waals surface area contributed by atoms with Gasteiger partial charge >= 0.3 is 4.87 Å². The van der Waals surface area contributed by atoms with E-state index in [2.05, 4.69) is 17.2 Å². The molecular formula is C9H14N2OS. The normalized spacial score (nSPS) is 27.2. The molecule has 1 saturated carbocycles. The van der Waals surface area contributed by atoms with Crippen LogP contribution < -0.4 is 10.2 Å². The van der Waals surface area contributed by atoms with Gasteiger partial charge in [0.2, 0.25) is 0 Å². The van der Waals surface area contributed by atoms with Crippen molar-refractivity contribution in [3.8, 4) is 0 Å². The highest BCUT2D eigenvalue weighted by molar-refractivity contribution is 7.07. The number of aromatic nitrogens is 1. The van der Waals surface area contributed by atoms with E-state index in [-0.39, 0.29) is 4.87 Å². The standard InChI is InChI=1S/C9H14N2OS/c1-6-2-7(3-6)10-4-8-5-13-9(12)11-8/h5-7,10H,2-4H2,1H3,(H,11,12). The molecule has 0 saturated heterocycles. The summed E-state index contributed by atoms with van der Waals surface area (Å²) in [5.74, 6) is 0.874. The Morgan fingerprint density at radius 1 is 1.69 bits per heavy atom. The first-order valence-corrected chi connectivity index (χ1v) is 5.52. The van der Waals surface area contributed by atoms with E-state index in [1.54, 1.807) is 0 Å². The summed E-state index contributed by atoms with van der Waals surface area (Å²) in [6.07, 6.45) is 2.54. The summed E-state index contributed by atoms with van der Waals surface area (Å²) < 4.78 is 0. The molecule has 0 atom stereocenters. The van der Waals surface area contributed by atoms with Gasteiger partial charge in [-0.2, -0.15) is 0 Å². The second-order valence-electron chi connectivity index (χ2n) is 3.83. The summed E-state index contributed by atoms with van der Waals surface area (Å²) in [5.41, 5.74) is 1.01. The van der Waals surface area contributed by atoms with E-state index < -0.39 is 0 Å². The van der Waals surface area contributed by atoms with Crippen LogP contribution in [0.2, 0.25) is 0 Å². The van der Waals surface area contributed by atoms with E-state index >= 15 is 0 Å². The minimum absolute atomic E-state index is 0.0405. The second kappa shape index (κ2) is 3.64. The Morgan fingerprint density at radius 3 is 3.00 bits per heavy atom. The molecule has 13 heavy (non-hydrogen) atoms. The summed E-state index contributed by atoms with van der Waals surface area (Å²) in [7, 11) is 0. The molecule has 0 bridgehead atoms. The molecule has 1 fully saturated rings. The van der Waals surface area contributed by atoms with Crippen LogP contribution in [0.1, 0.15) is 25.5 Å². The van der Waals surface area contributed by atoms with Crippen molar-refractivity contribution in [1.29, 1.82) is 0 Å². The number of H-pyrrole nitrogens is 1. The molecule has 0 aliphatic heterocycles. The summed E-state index contributed by atoms with van der Waals surface area (Å²) in [6, 6.07) is 0.665.